The molecule has 0 unspecified atom stereocenters. The van der Waals surface area contributed by atoms with Crippen LogP contribution in [-0.4, -0.2) is 0 Å². The molecule has 0 fully saturated rings. The molecule has 133 heavy (non-hydrogen) atoms. The van der Waals surface area contributed by atoms with Gasteiger partial charge in [-0.2, -0.15) is 0 Å². The highest BCUT2D eigenvalue weighted by Gasteiger charge is 2.30. The number of anilines is 17. The number of benzene rings is 22. The fourth-order valence-corrected chi connectivity index (χ4v) is 22.1. The van der Waals surface area contributed by atoms with Gasteiger partial charge < -0.3 is 29.8 Å². The Morgan fingerprint density at radius 2 is 0.526 bits per heavy atom. The Bertz CT molecular complexity index is 8400. The number of hydrogen-bond acceptors (Lipinski definition) is 8. The van der Waals surface area contributed by atoms with Crippen molar-refractivity contribution in [3.8, 4) is 44.5 Å². The summed E-state index contributed by atoms with van der Waals surface area (Å²) in [5.41, 5.74) is 29.2. The number of halogens is 1. The Hall–Kier alpha value is -16.4. The molecule has 22 aromatic carbocycles. The van der Waals surface area contributed by atoms with Crippen LogP contribution in [0.3, 0.4) is 0 Å². The lowest BCUT2D eigenvalue weighted by atomic mass is 9.86. The molecule has 0 saturated heterocycles. The largest absolute Gasteiger partial charge is 0.354 e. The summed E-state index contributed by atoms with van der Waals surface area (Å²) < 4.78 is 6.33. The Balaban J connectivity index is 0.000000125. The second kappa shape index (κ2) is 34.6. The zero-order valence-electron chi connectivity index (χ0n) is 72.3. The Morgan fingerprint density at radius 3 is 0.977 bits per heavy atom. The summed E-state index contributed by atoms with van der Waals surface area (Å²) in [5.74, 6) is 0. The highest BCUT2D eigenvalue weighted by Crippen LogP contribution is 2.56. The third-order valence-corrected chi connectivity index (χ3v) is 28.6. The van der Waals surface area contributed by atoms with Gasteiger partial charge in [0, 0.05) is 152 Å². The monoisotopic (exact) mass is 1800 g/mol. The summed E-state index contributed by atoms with van der Waals surface area (Å²) >= 11 is 7.20. The molecule has 9 heteroatoms. The fourth-order valence-electron chi connectivity index (χ4n) is 19.7. The second-order valence-corrected chi connectivity index (χ2v) is 36.8. The summed E-state index contributed by atoms with van der Waals surface area (Å²) in [6.07, 6.45) is 0. The first kappa shape index (κ1) is 80.0. The van der Waals surface area contributed by atoms with E-state index in [4.69, 9.17) is 0 Å². The number of rotatable bonds is 15. The number of fused-ring (bicyclic) bond motifs is 12. The minimum Gasteiger partial charge on any atom is -0.354 e. The predicted molar refractivity (Wildman–Crippen MR) is 575 cm³/mol. The van der Waals surface area contributed by atoms with E-state index in [0.717, 1.165) is 89.8 Å². The first-order chi connectivity index (χ1) is 65.9. The van der Waals surface area contributed by atoms with Crippen LogP contribution in [-0.2, 0) is 0 Å². The van der Waals surface area contributed by atoms with Crippen molar-refractivity contribution in [1.82, 2.24) is 0 Å². The second-order valence-electron chi connectivity index (χ2n) is 33.7. The third-order valence-electron chi connectivity index (χ3n) is 25.8. The number of para-hydroxylation sites is 6. The molecule has 0 radical (unpaired) electrons. The standard InChI is InChI=1S/C62H41N3S.C44H28N2S.C18H14BrN/c1-4-17-45(18-5-1)63(46-19-6-2-7-20-46)49-31-33-50(34-32-49)65-58-37-36-52(54-24-14-25-55(62(54)58)56-39-43-15-10-11-16-44(43)40-59(56)65)42-27-29-48(30-28-42)64(47-21-8-3-9-22-47)51-35-38-61-57(41-51)53-23-12-13-26-60(53)66-61;1-2-11-31(12-3-1)46(33-21-24-43-39(27-33)35-13-6-7-16-42(35)47-43)32-19-17-28(18-20-32)34-22-23-40-44-36(34)14-8-15-37(44)38-25-29-9-4-5-10-30(29)26-41(38)45-40;19-15-11-13-18(14-12-15)20(16-7-3-1-4-8-16)17-9-5-2-6-10-17/h1-41H;1-27,45H;1-14H. The fraction of sp³-hybridized carbons (Fsp3) is 0. The SMILES string of the molecule is Brc1ccc(N(c2ccccc2)c2ccccc2)cc1.c1ccc(N(c2ccc(-c3ccc4c5c(cccc35)-c3cc5ccccc5cc3N4)cc2)c2ccc3sc4ccccc4c3c2)cc1.c1ccc(N(c2ccccc2)c2ccc(N3c4cc5ccccc5cc4-c4cccc5c(-c6ccc(N(c7ccccc7)c7ccc8sc9ccccc9c8c7)cc6)ccc3c45)cc2)cc1. The van der Waals surface area contributed by atoms with E-state index >= 15 is 0 Å². The summed E-state index contributed by atoms with van der Waals surface area (Å²) in [5, 5.41) is 18.9. The van der Waals surface area contributed by atoms with Crippen LogP contribution in [0.2, 0.25) is 0 Å². The minimum atomic E-state index is 1.09. The zero-order valence-corrected chi connectivity index (χ0v) is 75.5. The smallest absolute Gasteiger partial charge is 0.0547 e. The number of thiophene rings is 2. The molecular weight excluding hydrogens is 1720 g/mol. The van der Waals surface area contributed by atoms with Crippen molar-refractivity contribution in [3.05, 3.63) is 502 Å². The molecule has 2 aliphatic heterocycles. The van der Waals surface area contributed by atoms with Gasteiger partial charge >= 0.3 is 0 Å². The van der Waals surface area contributed by atoms with Gasteiger partial charge in [-0.3, -0.25) is 0 Å². The van der Waals surface area contributed by atoms with E-state index < -0.39 is 0 Å². The highest BCUT2D eigenvalue weighted by molar-refractivity contribution is 9.10. The maximum absolute atomic E-state index is 3.75. The molecule has 0 atom stereocenters. The van der Waals surface area contributed by atoms with Crippen LogP contribution in [0, 0.1) is 0 Å². The zero-order chi connectivity index (χ0) is 88.2. The summed E-state index contributed by atoms with van der Waals surface area (Å²) in [6.45, 7) is 0. The van der Waals surface area contributed by atoms with Gasteiger partial charge in [-0.05, 0) is 296 Å². The van der Waals surface area contributed by atoms with E-state index in [1.165, 1.54) is 139 Å². The van der Waals surface area contributed by atoms with Crippen LogP contribution in [0.1, 0.15) is 0 Å². The van der Waals surface area contributed by atoms with Gasteiger partial charge in [0.2, 0.25) is 0 Å². The van der Waals surface area contributed by atoms with Crippen molar-refractivity contribution in [3.63, 3.8) is 0 Å². The van der Waals surface area contributed by atoms with E-state index in [-0.39, 0.29) is 0 Å². The molecule has 0 amide bonds. The molecule has 0 aliphatic carbocycles. The molecule has 26 rings (SSSR count). The van der Waals surface area contributed by atoms with Crippen molar-refractivity contribution in [2.75, 3.05) is 29.8 Å². The molecule has 2 aromatic heterocycles. The Kier molecular flexibility index (Phi) is 20.8. The summed E-state index contributed by atoms with van der Waals surface area (Å²) in [6, 6.07) is 180. The Morgan fingerprint density at radius 1 is 0.195 bits per heavy atom. The van der Waals surface area contributed by atoms with Gasteiger partial charge in [-0.1, -0.05) is 283 Å². The molecule has 24 aromatic rings. The predicted octanol–water partition coefficient (Wildman–Crippen LogP) is 37.6. The first-order valence-corrected chi connectivity index (χ1v) is 47.4. The molecule has 628 valence electrons. The topological polar surface area (TPSA) is 28.2 Å². The van der Waals surface area contributed by atoms with Crippen molar-refractivity contribution in [1.29, 1.82) is 0 Å². The lowest BCUT2D eigenvalue weighted by molar-refractivity contribution is 1.26. The van der Waals surface area contributed by atoms with Crippen LogP contribution in [0.5, 0.6) is 0 Å². The van der Waals surface area contributed by atoms with Crippen molar-refractivity contribution >= 4 is 219 Å². The lowest BCUT2D eigenvalue weighted by Gasteiger charge is -2.35. The molecule has 4 heterocycles. The van der Waals surface area contributed by atoms with Gasteiger partial charge in [0.25, 0.3) is 0 Å². The lowest BCUT2D eigenvalue weighted by Crippen LogP contribution is -2.16. The van der Waals surface area contributed by atoms with Crippen LogP contribution in [0.4, 0.5) is 96.7 Å². The van der Waals surface area contributed by atoms with Crippen molar-refractivity contribution in [2.45, 2.75) is 0 Å². The van der Waals surface area contributed by atoms with E-state index in [0.29, 0.717) is 0 Å². The average Bonchev–Trinajstić information content (AvgIpc) is 1.43. The molecule has 6 nitrogen and oxygen atoms in total. The number of hydrogen-bond donors (Lipinski definition) is 1. The van der Waals surface area contributed by atoms with Gasteiger partial charge in [0.1, 0.15) is 0 Å². The van der Waals surface area contributed by atoms with Crippen LogP contribution >= 0.6 is 38.6 Å². The number of nitrogens with zero attached hydrogens (tertiary/aromatic N) is 5. The molecule has 1 N–H and O–H groups in total. The van der Waals surface area contributed by atoms with Crippen molar-refractivity contribution in [2.24, 2.45) is 0 Å². The van der Waals surface area contributed by atoms with Gasteiger partial charge in [0.05, 0.1) is 11.4 Å². The third kappa shape index (κ3) is 15.0. The molecule has 0 saturated carbocycles. The van der Waals surface area contributed by atoms with Crippen molar-refractivity contribution < 1.29 is 0 Å². The van der Waals surface area contributed by atoms with Crippen LogP contribution in [0.25, 0.3) is 128 Å². The van der Waals surface area contributed by atoms with Gasteiger partial charge in [-0.15, -0.1) is 22.7 Å². The molecule has 0 spiro atoms. The maximum atomic E-state index is 3.75. The van der Waals surface area contributed by atoms with Crippen LogP contribution < -0.4 is 29.8 Å². The maximum Gasteiger partial charge on any atom is 0.0547 e. The van der Waals surface area contributed by atoms with E-state index in [2.05, 4.69) is 531 Å². The highest BCUT2D eigenvalue weighted by atomic mass is 79.9. The normalized spacial score (nSPS) is 11.7. The van der Waals surface area contributed by atoms with E-state index in [1.54, 1.807) is 0 Å². The van der Waals surface area contributed by atoms with E-state index in [9.17, 15) is 0 Å². The quantitative estimate of drug-likeness (QED) is 0.110. The number of nitrogens with one attached hydrogen (secondary N) is 1. The molecular formula is C124H83BrN6S2. The molecule has 0 bridgehead atoms. The molecule has 2 aliphatic rings. The summed E-state index contributed by atoms with van der Waals surface area (Å²) in [4.78, 5) is 11.8. The minimum absolute atomic E-state index is 1.09. The van der Waals surface area contributed by atoms with Gasteiger partial charge in [-0.25, -0.2) is 0 Å². The van der Waals surface area contributed by atoms with E-state index in [1.807, 2.05) is 34.8 Å². The Labute approximate surface area is 788 Å². The first-order valence-electron chi connectivity index (χ1n) is 45.0. The van der Waals surface area contributed by atoms with Gasteiger partial charge in [0.15, 0.2) is 0 Å². The summed E-state index contributed by atoms with van der Waals surface area (Å²) in [7, 11) is 0. The van der Waals surface area contributed by atoms with Crippen LogP contribution in [0.15, 0.2) is 502 Å². The average molecular weight is 1800 g/mol.